The third-order valence-electron chi connectivity index (χ3n) is 6.49. The number of aliphatic carboxylic acids is 1. The van der Waals surface area contributed by atoms with E-state index in [9.17, 15) is 19.5 Å². The number of piperidine rings is 1. The van der Waals surface area contributed by atoms with Crippen molar-refractivity contribution >= 4 is 17.8 Å². The highest BCUT2D eigenvalue weighted by molar-refractivity contribution is 5.87. The molecule has 8 nitrogen and oxygen atoms in total. The molecule has 8 heteroatoms. The predicted octanol–water partition coefficient (Wildman–Crippen LogP) is 1.87. The van der Waals surface area contributed by atoms with E-state index in [0.29, 0.717) is 39.0 Å². The Labute approximate surface area is 189 Å². The standard InChI is InChI=1S/C24H34N2O6/c1-3-32-24(30)20(10-9-17-7-5-4-6-8-17)25-16(2)22(27)26-14-18-11-12-31-15-19(18)13-21(26)23(28)29/h4-8,16,18-21,25H,3,9-15H2,1-2H3,(H,28,29)/t16?,18?,19?,20-,21-/m0/s1. The Morgan fingerprint density at radius 2 is 2.00 bits per heavy atom. The number of carboxylic acids is 1. The Hall–Kier alpha value is -2.45. The van der Waals surface area contributed by atoms with Crippen LogP contribution in [0.1, 0.15) is 38.7 Å². The average Bonchev–Trinajstić information content (AvgIpc) is 2.80. The molecule has 0 radical (unpaired) electrons. The van der Waals surface area contributed by atoms with E-state index in [-0.39, 0.29) is 24.3 Å². The van der Waals surface area contributed by atoms with Crippen molar-refractivity contribution in [3.05, 3.63) is 35.9 Å². The molecule has 0 aliphatic carbocycles. The number of fused-ring (bicyclic) bond motifs is 1. The second-order valence-corrected chi connectivity index (χ2v) is 8.68. The number of ether oxygens (including phenoxy) is 2. The van der Waals surface area contributed by atoms with Gasteiger partial charge in [0.05, 0.1) is 12.6 Å². The van der Waals surface area contributed by atoms with Gasteiger partial charge in [-0.2, -0.15) is 0 Å². The molecular formula is C24H34N2O6. The smallest absolute Gasteiger partial charge is 0.326 e. The fraction of sp³-hybridized carbons (Fsp3) is 0.625. The molecule has 1 aromatic carbocycles. The Bertz CT molecular complexity index is 786. The van der Waals surface area contributed by atoms with Crippen molar-refractivity contribution in [2.24, 2.45) is 11.8 Å². The molecule has 2 aliphatic heterocycles. The zero-order valence-corrected chi connectivity index (χ0v) is 18.9. The summed E-state index contributed by atoms with van der Waals surface area (Å²) in [5, 5.41) is 12.9. The maximum absolute atomic E-state index is 13.3. The minimum atomic E-state index is -0.999. The van der Waals surface area contributed by atoms with Crippen LogP contribution in [0, 0.1) is 11.8 Å². The molecule has 2 aliphatic rings. The van der Waals surface area contributed by atoms with Gasteiger partial charge < -0.3 is 19.5 Å². The Balaban J connectivity index is 1.67. The topological polar surface area (TPSA) is 105 Å². The van der Waals surface area contributed by atoms with Gasteiger partial charge in [-0.15, -0.1) is 0 Å². The molecule has 0 saturated carbocycles. The molecule has 1 amide bonds. The molecule has 32 heavy (non-hydrogen) atoms. The first-order chi connectivity index (χ1) is 15.4. The third kappa shape index (κ3) is 6.07. The summed E-state index contributed by atoms with van der Waals surface area (Å²) in [6, 6.07) is 7.57. The minimum Gasteiger partial charge on any atom is -0.480 e. The first-order valence-electron chi connectivity index (χ1n) is 11.5. The van der Waals surface area contributed by atoms with Crippen LogP contribution in [0.4, 0.5) is 0 Å². The first kappa shape index (κ1) is 24.2. The first-order valence-corrected chi connectivity index (χ1v) is 11.5. The van der Waals surface area contributed by atoms with Crippen LogP contribution in [-0.2, 0) is 30.3 Å². The van der Waals surface area contributed by atoms with E-state index in [1.807, 2.05) is 30.3 Å². The molecule has 2 N–H and O–H groups in total. The van der Waals surface area contributed by atoms with Crippen LogP contribution < -0.4 is 5.32 Å². The highest BCUT2D eigenvalue weighted by Gasteiger charge is 2.43. The highest BCUT2D eigenvalue weighted by Crippen LogP contribution is 2.33. The lowest BCUT2D eigenvalue weighted by molar-refractivity contribution is -0.159. The fourth-order valence-electron chi connectivity index (χ4n) is 4.70. The number of amides is 1. The zero-order valence-electron chi connectivity index (χ0n) is 18.9. The zero-order chi connectivity index (χ0) is 23.1. The second kappa shape index (κ2) is 11.4. The van der Waals surface area contributed by atoms with Crippen molar-refractivity contribution in [3.8, 4) is 0 Å². The molecule has 1 aromatic rings. The van der Waals surface area contributed by atoms with Crippen molar-refractivity contribution in [2.75, 3.05) is 26.4 Å². The average molecular weight is 447 g/mol. The summed E-state index contributed by atoms with van der Waals surface area (Å²) < 4.78 is 10.7. The van der Waals surface area contributed by atoms with Crippen LogP contribution in [-0.4, -0.2) is 72.3 Å². The number of rotatable bonds is 9. The van der Waals surface area contributed by atoms with Crippen LogP contribution in [0.5, 0.6) is 0 Å². The Morgan fingerprint density at radius 3 is 2.69 bits per heavy atom. The maximum atomic E-state index is 13.3. The SMILES string of the molecule is CCOC(=O)[C@H](CCc1ccccc1)NC(C)C(=O)N1CC2CCOCC2C[C@H]1C(=O)O. The van der Waals surface area contributed by atoms with Gasteiger partial charge in [0.1, 0.15) is 12.1 Å². The molecule has 3 rings (SSSR count). The largest absolute Gasteiger partial charge is 0.480 e. The number of hydrogen-bond donors (Lipinski definition) is 2. The van der Waals surface area contributed by atoms with Gasteiger partial charge in [-0.25, -0.2) is 4.79 Å². The molecule has 2 fully saturated rings. The number of nitrogens with zero attached hydrogens (tertiary/aromatic N) is 1. The number of carbonyl (C=O) groups excluding carboxylic acids is 2. The lowest BCUT2D eigenvalue weighted by Gasteiger charge is -2.45. The summed E-state index contributed by atoms with van der Waals surface area (Å²) in [7, 11) is 0. The number of carboxylic acid groups (broad SMARTS) is 1. The molecule has 0 aromatic heterocycles. The van der Waals surface area contributed by atoms with Crippen molar-refractivity contribution in [3.63, 3.8) is 0 Å². The number of likely N-dealkylation sites (tertiary alicyclic amines) is 1. The lowest BCUT2D eigenvalue weighted by atomic mass is 9.79. The van der Waals surface area contributed by atoms with Crippen molar-refractivity contribution in [1.82, 2.24) is 10.2 Å². The molecule has 5 atom stereocenters. The second-order valence-electron chi connectivity index (χ2n) is 8.68. The van der Waals surface area contributed by atoms with Crippen LogP contribution in [0.15, 0.2) is 30.3 Å². The van der Waals surface area contributed by atoms with Gasteiger partial charge in [0.15, 0.2) is 0 Å². The maximum Gasteiger partial charge on any atom is 0.326 e. The number of hydrogen-bond acceptors (Lipinski definition) is 6. The van der Waals surface area contributed by atoms with Crippen LogP contribution in [0.25, 0.3) is 0 Å². The number of esters is 1. The van der Waals surface area contributed by atoms with Crippen LogP contribution in [0.3, 0.4) is 0 Å². The van der Waals surface area contributed by atoms with Gasteiger partial charge in [-0.3, -0.25) is 14.9 Å². The number of nitrogens with one attached hydrogen (secondary N) is 1. The summed E-state index contributed by atoms with van der Waals surface area (Å²) in [6.07, 6.45) is 2.35. The summed E-state index contributed by atoms with van der Waals surface area (Å²) in [5.74, 6) is -1.29. The summed E-state index contributed by atoms with van der Waals surface area (Å²) in [6.45, 7) is 5.28. The van der Waals surface area contributed by atoms with Crippen LogP contribution >= 0.6 is 0 Å². The van der Waals surface area contributed by atoms with E-state index in [2.05, 4.69) is 5.32 Å². The molecule has 3 unspecified atom stereocenters. The van der Waals surface area contributed by atoms with Crippen LogP contribution in [0.2, 0.25) is 0 Å². The predicted molar refractivity (Wildman–Crippen MR) is 118 cm³/mol. The number of carbonyl (C=O) groups is 3. The molecular weight excluding hydrogens is 412 g/mol. The van der Waals surface area contributed by atoms with Gasteiger partial charge in [0, 0.05) is 19.8 Å². The Morgan fingerprint density at radius 1 is 1.25 bits per heavy atom. The molecule has 2 saturated heterocycles. The van der Waals surface area contributed by atoms with E-state index in [4.69, 9.17) is 9.47 Å². The van der Waals surface area contributed by atoms with Gasteiger partial charge in [-0.1, -0.05) is 30.3 Å². The van der Waals surface area contributed by atoms with E-state index in [1.165, 1.54) is 4.90 Å². The normalized spacial score (nSPS) is 24.8. The van der Waals surface area contributed by atoms with Gasteiger partial charge in [0.25, 0.3) is 0 Å². The summed E-state index contributed by atoms with van der Waals surface area (Å²) in [5.41, 5.74) is 1.09. The molecule has 176 valence electrons. The van der Waals surface area contributed by atoms with E-state index in [0.717, 1.165) is 12.0 Å². The number of benzene rings is 1. The highest BCUT2D eigenvalue weighted by atomic mass is 16.5. The summed E-state index contributed by atoms with van der Waals surface area (Å²) in [4.78, 5) is 39.2. The lowest BCUT2D eigenvalue weighted by Crippen LogP contribution is -2.60. The quantitative estimate of drug-likeness (QED) is 0.558. The van der Waals surface area contributed by atoms with Crippen molar-refractivity contribution in [1.29, 1.82) is 0 Å². The van der Waals surface area contributed by atoms with Crippen molar-refractivity contribution < 1.29 is 29.0 Å². The van der Waals surface area contributed by atoms with E-state index in [1.54, 1.807) is 13.8 Å². The molecule has 2 heterocycles. The van der Waals surface area contributed by atoms with Gasteiger partial charge >= 0.3 is 11.9 Å². The van der Waals surface area contributed by atoms with Crippen molar-refractivity contribution in [2.45, 2.75) is 57.7 Å². The minimum absolute atomic E-state index is 0.162. The fourth-order valence-corrected chi connectivity index (χ4v) is 4.70. The third-order valence-corrected chi connectivity index (χ3v) is 6.49. The number of aryl methyl sites for hydroxylation is 1. The molecule has 0 bridgehead atoms. The van der Waals surface area contributed by atoms with Gasteiger partial charge in [-0.05, 0) is 56.9 Å². The molecule has 0 spiro atoms. The summed E-state index contributed by atoms with van der Waals surface area (Å²) >= 11 is 0. The Kier molecular flexibility index (Phi) is 8.64. The van der Waals surface area contributed by atoms with E-state index < -0.39 is 30.1 Å². The van der Waals surface area contributed by atoms with E-state index >= 15 is 0 Å². The van der Waals surface area contributed by atoms with Gasteiger partial charge in [0.2, 0.25) is 5.91 Å². The monoisotopic (exact) mass is 446 g/mol.